The second-order valence-electron chi connectivity index (χ2n) is 10.0. The summed E-state index contributed by atoms with van der Waals surface area (Å²) in [5.74, 6) is -4.49. The zero-order valence-corrected chi connectivity index (χ0v) is 24.9. The molecule has 0 atom stereocenters. The molecule has 0 aliphatic carbocycles. The van der Waals surface area contributed by atoms with Crippen molar-refractivity contribution in [2.45, 2.75) is 52.3 Å². The van der Waals surface area contributed by atoms with E-state index in [4.69, 9.17) is 9.90 Å². The van der Waals surface area contributed by atoms with Crippen LogP contribution in [0.15, 0.2) is 30.3 Å². The minimum absolute atomic E-state index is 0.0488. The summed E-state index contributed by atoms with van der Waals surface area (Å²) in [6.07, 6.45) is 0. The molecule has 0 aromatic heterocycles. The standard InChI is InChI=1S/C25H32F3IN4O2.C2H4O2/c1-15(2)33(16(3)4)10-9-30-12-25(35)13-32(14-25)24(34)18-6-7-19(26)22(28)23(18)31-21-8-5-17(29)11-20(21)27;1-2(3)4/h5-8,11,15-16,30-31,35H,9-10,12-14H2,1-4H3;1H3,(H,3,4). The van der Waals surface area contributed by atoms with Gasteiger partial charge in [0.15, 0.2) is 11.6 Å². The summed E-state index contributed by atoms with van der Waals surface area (Å²) in [5.41, 5.74) is -1.76. The Morgan fingerprint density at radius 1 is 1.08 bits per heavy atom. The summed E-state index contributed by atoms with van der Waals surface area (Å²) in [6.45, 7) is 11.5. The van der Waals surface area contributed by atoms with Crippen LogP contribution in [-0.2, 0) is 4.79 Å². The lowest BCUT2D eigenvalue weighted by molar-refractivity contribution is -0.134. The Balaban J connectivity index is 0.00000124. The molecule has 0 bridgehead atoms. The van der Waals surface area contributed by atoms with E-state index in [-0.39, 0.29) is 24.3 Å². The number of amides is 1. The molecule has 0 radical (unpaired) electrons. The number of aliphatic hydroxyl groups is 1. The molecule has 39 heavy (non-hydrogen) atoms. The highest BCUT2D eigenvalue weighted by Gasteiger charge is 2.44. The smallest absolute Gasteiger partial charge is 0.300 e. The molecule has 0 saturated carbocycles. The predicted octanol–water partition coefficient (Wildman–Crippen LogP) is 4.44. The van der Waals surface area contributed by atoms with Crippen molar-refractivity contribution in [2.24, 2.45) is 0 Å². The second-order valence-corrected chi connectivity index (χ2v) is 11.3. The Morgan fingerprint density at radius 2 is 1.67 bits per heavy atom. The maximum Gasteiger partial charge on any atom is 0.300 e. The quantitative estimate of drug-likeness (QED) is 0.220. The molecular formula is C27H36F3IN4O4. The van der Waals surface area contributed by atoms with Crippen molar-refractivity contribution in [3.05, 3.63) is 56.9 Å². The molecule has 12 heteroatoms. The molecule has 1 heterocycles. The van der Waals surface area contributed by atoms with Gasteiger partial charge in [-0.3, -0.25) is 14.5 Å². The van der Waals surface area contributed by atoms with E-state index in [1.54, 1.807) is 6.07 Å². The van der Waals surface area contributed by atoms with Crippen molar-refractivity contribution in [1.82, 2.24) is 15.1 Å². The SMILES string of the molecule is CC(=O)O.CC(C)N(CCNCC1(O)CN(C(=O)c2ccc(F)c(F)c2Nc2ccc(I)cc2F)C1)C(C)C. The van der Waals surface area contributed by atoms with Crippen molar-refractivity contribution in [2.75, 3.05) is 38.0 Å². The van der Waals surface area contributed by atoms with Crippen molar-refractivity contribution in [1.29, 1.82) is 0 Å². The largest absolute Gasteiger partial charge is 0.481 e. The number of benzene rings is 2. The summed E-state index contributed by atoms with van der Waals surface area (Å²) in [7, 11) is 0. The summed E-state index contributed by atoms with van der Waals surface area (Å²) < 4.78 is 43.5. The number of carboxylic acid groups (broad SMARTS) is 1. The molecule has 1 saturated heterocycles. The second kappa shape index (κ2) is 14.3. The maximum absolute atomic E-state index is 14.6. The number of nitrogens with one attached hydrogen (secondary N) is 2. The Morgan fingerprint density at radius 3 is 2.21 bits per heavy atom. The number of carboxylic acids is 1. The van der Waals surface area contributed by atoms with Gasteiger partial charge in [-0.15, -0.1) is 0 Å². The highest BCUT2D eigenvalue weighted by atomic mass is 127. The molecule has 2 aromatic carbocycles. The first-order valence-electron chi connectivity index (χ1n) is 12.5. The van der Waals surface area contributed by atoms with Crippen LogP contribution in [0, 0.1) is 21.0 Å². The Hall–Kier alpha value is -2.42. The van der Waals surface area contributed by atoms with Gasteiger partial charge >= 0.3 is 0 Å². The highest BCUT2D eigenvalue weighted by Crippen LogP contribution is 2.31. The van der Waals surface area contributed by atoms with Gasteiger partial charge in [-0.2, -0.15) is 0 Å². The molecule has 2 aromatic rings. The number of hydrogen-bond donors (Lipinski definition) is 4. The van der Waals surface area contributed by atoms with E-state index in [1.165, 1.54) is 17.0 Å². The van der Waals surface area contributed by atoms with Gasteiger partial charge in [-0.05, 0) is 80.6 Å². The van der Waals surface area contributed by atoms with Crippen molar-refractivity contribution in [3.63, 3.8) is 0 Å². The average Bonchev–Trinajstić information content (AvgIpc) is 2.80. The van der Waals surface area contributed by atoms with E-state index in [1.807, 2.05) is 22.6 Å². The molecule has 0 spiro atoms. The number of halogens is 4. The first kappa shape index (κ1) is 32.8. The summed E-state index contributed by atoms with van der Waals surface area (Å²) in [4.78, 5) is 25.8. The fourth-order valence-corrected chi connectivity index (χ4v) is 4.76. The number of aliphatic carboxylic acids is 1. The van der Waals surface area contributed by atoms with Crippen LogP contribution in [-0.4, -0.2) is 82.3 Å². The monoisotopic (exact) mass is 664 g/mol. The van der Waals surface area contributed by atoms with Gasteiger partial charge in [0.1, 0.15) is 11.4 Å². The normalized spacial score (nSPS) is 14.2. The lowest BCUT2D eigenvalue weighted by Gasteiger charge is -2.46. The van der Waals surface area contributed by atoms with Gasteiger partial charge < -0.3 is 25.7 Å². The van der Waals surface area contributed by atoms with E-state index >= 15 is 0 Å². The van der Waals surface area contributed by atoms with Gasteiger partial charge in [0.25, 0.3) is 11.9 Å². The number of carbonyl (C=O) groups excluding carboxylic acids is 1. The number of β-amino-alcohol motifs (C(OH)–C–C–N with tert-alkyl or cyclic N) is 1. The molecule has 0 unspecified atom stereocenters. The fraction of sp³-hybridized carbons (Fsp3) is 0.481. The molecule has 3 rings (SSSR count). The van der Waals surface area contributed by atoms with Crippen LogP contribution in [0.3, 0.4) is 0 Å². The van der Waals surface area contributed by atoms with Gasteiger partial charge in [0, 0.05) is 42.2 Å². The molecule has 4 N–H and O–H groups in total. The topological polar surface area (TPSA) is 105 Å². The molecular weight excluding hydrogens is 628 g/mol. The molecule has 1 fully saturated rings. The van der Waals surface area contributed by atoms with E-state index in [2.05, 4.69) is 43.2 Å². The van der Waals surface area contributed by atoms with E-state index in [0.717, 1.165) is 25.6 Å². The van der Waals surface area contributed by atoms with E-state index in [9.17, 15) is 23.1 Å². The average molecular weight is 665 g/mol. The Labute approximate surface area is 240 Å². The number of rotatable bonds is 10. The van der Waals surface area contributed by atoms with Crippen LogP contribution in [0.4, 0.5) is 24.5 Å². The van der Waals surface area contributed by atoms with Gasteiger partial charge in [0.05, 0.1) is 30.0 Å². The number of anilines is 2. The minimum atomic E-state index is -1.27. The third-order valence-electron chi connectivity index (χ3n) is 6.10. The van der Waals surface area contributed by atoms with Crippen molar-refractivity contribution >= 4 is 45.8 Å². The van der Waals surface area contributed by atoms with Crippen molar-refractivity contribution in [3.8, 4) is 0 Å². The van der Waals surface area contributed by atoms with Crippen LogP contribution in [0.1, 0.15) is 45.0 Å². The number of likely N-dealkylation sites (tertiary alicyclic amines) is 1. The van der Waals surface area contributed by atoms with Crippen LogP contribution in [0.2, 0.25) is 0 Å². The number of hydrogen-bond acceptors (Lipinski definition) is 6. The number of carbonyl (C=O) groups is 2. The highest BCUT2D eigenvalue weighted by molar-refractivity contribution is 14.1. The predicted molar refractivity (Wildman–Crippen MR) is 153 cm³/mol. The van der Waals surface area contributed by atoms with Gasteiger partial charge in [-0.25, -0.2) is 13.2 Å². The zero-order chi connectivity index (χ0) is 29.5. The summed E-state index contributed by atoms with van der Waals surface area (Å²) in [6, 6.07) is 7.08. The third kappa shape index (κ3) is 9.33. The van der Waals surface area contributed by atoms with Crippen LogP contribution in [0.25, 0.3) is 0 Å². The molecule has 1 amide bonds. The lowest BCUT2D eigenvalue weighted by Crippen LogP contribution is -2.67. The molecule has 1 aliphatic rings. The lowest BCUT2D eigenvalue weighted by atomic mass is 9.92. The minimum Gasteiger partial charge on any atom is -0.481 e. The number of nitrogens with zero attached hydrogens (tertiary/aromatic N) is 2. The van der Waals surface area contributed by atoms with Crippen LogP contribution < -0.4 is 10.6 Å². The third-order valence-corrected chi connectivity index (χ3v) is 6.77. The molecule has 1 aliphatic heterocycles. The van der Waals surface area contributed by atoms with Crippen LogP contribution >= 0.6 is 22.6 Å². The van der Waals surface area contributed by atoms with Gasteiger partial charge in [-0.1, -0.05) is 0 Å². The maximum atomic E-state index is 14.6. The molecule has 8 nitrogen and oxygen atoms in total. The fourth-order valence-electron chi connectivity index (χ4n) is 4.31. The van der Waals surface area contributed by atoms with Crippen molar-refractivity contribution < 1.29 is 33.0 Å². The Bertz CT molecular complexity index is 1150. The summed E-state index contributed by atoms with van der Waals surface area (Å²) in [5, 5.41) is 23.9. The van der Waals surface area contributed by atoms with E-state index < -0.39 is 40.6 Å². The first-order chi connectivity index (χ1) is 18.1. The first-order valence-corrected chi connectivity index (χ1v) is 13.6. The van der Waals surface area contributed by atoms with Gasteiger partial charge in [0.2, 0.25) is 0 Å². The molecule has 216 valence electrons. The van der Waals surface area contributed by atoms with E-state index in [0.29, 0.717) is 28.7 Å². The Kier molecular flexibility index (Phi) is 12.0. The zero-order valence-electron chi connectivity index (χ0n) is 22.7. The summed E-state index contributed by atoms with van der Waals surface area (Å²) >= 11 is 1.93. The van der Waals surface area contributed by atoms with Crippen LogP contribution in [0.5, 0.6) is 0 Å².